The van der Waals surface area contributed by atoms with Gasteiger partial charge in [-0.05, 0) is 65.5 Å². The highest BCUT2D eigenvalue weighted by atomic mass is 79.9. The molecule has 3 unspecified atom stereocenters. The summed E-state index contributed by atoms with van der Waals surface area (Å²) in [5, 5.41) is 2.17. The van der Waals surface area contributed by atoms with Gasteiger partial charge >= 0.3 is 0 Å². The minimum atomic E-state index is 0.417. The van der Waals surface area contributed by atoms with Crippen molar-refractivity contribution in [1.29, 1.82) is 0 Å². The molecule has 1 aliphatic heterocycles. The highest BCUT2D eigenvalue weighted by Crippen LogP contribution is 2.41. The lowest BCUT2D eigenvalue weighted by molar-refractivity contribution is 0.0285. The third kappa shape index (κ3) is 2.78. The number of nitrogens with two attached hydrogens (primary N) is 1. The number of halogens is 1. The second-order valence-corrected chi connectivity index (χ2v) is 7.68. The van der Waals surface area contributed by atoms with E-state index in [9.17, 15) is 0 Å². The zero-order valence-corrected chi connectivity index (χ0v) is 13.8. The van der Waals surface area contributed by atoms with Gasteiger partial charge in [-0.25, -0.2) is 0 Å². The van der Waals surface area contributed by atoms with Crippen LogP contribution in [0.3, 0.4) is 0 Å². The lowest BCUT2D eigenvalue weighted by Crippen LogP contribution is -2.49. The van der Waals surface area contributed by atoms with Gasteiger partial charge in [-0.3, -0.25) is 4.90 Å². The molecule has 1 aromatic heterocycles. The van der Waals surface area contributed by atoms with Crippen molar-refractivity contribution in [3.05, 3.63) is 20.8 Å². The Labute approximate surface area is 128 Å². The molecule has 1 aromatic rings. The molecule has 0 bridgehead atoms. The van der Waals surface area contributed by atoms with E-state index in [4.69, 9.17) is 5.73 Å². The van der Waals surface area contributed by atoms with Gasteiger partial charge in [-0.1, -0.05) is 12.8 Å². The predicted molar refractivity (Wildman–Crippen MR) is 85.5 cm³/mol. The normalized spacial score (nSPS) is 30.0. The van der Waals surface area contributed by atoms with Crippen LogP contribution in [0.5, 0.6) is 0 Å². The van der Waals surface area contributed by atoms with Gasteiger partial charge in [0.2, 0.25) is 0 Å². The van der Waals surface area contributed by atoms with E-state index in [1.165, 1.54) is 54.4 Å². The molecule has 0 spiro atoms. The van der Waals surface area contributed by atoms with E-state index in [1.807, 2.05) is 11.3 Å². The van der Waals surface area contributed by atoms with Crippen molar-refractivity contribution in [3.63, 3.8) is 0 Å². The number of fused-ring (bicyclic) bond motifs is 1. The molecule has 1 saturated carbocycles. The van der Waals surface area contributed by atoms with Crippen LogP contribution in [-0.2, 0) is 0 Å². The summed E-state index contributed by atoms with van der Waals surface area (Å²) in [7, 11) is 0. The lowest BCUT2D eigenvalue weighted by Gasteiger charge is -2.47. The minimum absolute atomic E-state index is 0.417. The van der Waals surface area contributed by atoms with Crippen molar-refractivity contribution in [3.8, 4) is 0 Å². The van der Waals surface area contributed by atoms with Crippen LogP contribution in [0.4, 0.5) is 0 Å². The van der Waals surface area contributed by atoms with Crippen LogP contribution in [0, 0.1) is 5.92 Å². The molecule has 2 N–H and O–H groups in total. The molecule has 0 amide bonds. The van der Waals surface area contributed by atoms with Gasteiger partial charge in [0, 0.05) is 21.9 Å². The Morgan fingerprint density at radius 2 is 2.11 bits per heavy atom. The average molecular weight is 343 g/mol. The molecule has 19 heavy (non-hydrogen) atoms. The number of rotatable bonds is 3. The standard InChI is InChI=1S/C15H23BrN2S/c16-12-7-9-19-15(12)14(10-17)18-8-3-5-11-4-1-2-6-13(11)18/h7,9,11,13-14H,1-6,8,10,17H2. The van der Waals surface area contributed by atoms with Gasteiger partial charge in [0.15, 0.2) is 0 Å². The van der Waals surface area contributed by atoms with Crippen molar-refractivity contribution >= 4 is 27.3 Å². The van der Waals surface area contributed by atoms with Gasteiger partial charge in [0.05, 0.1) is 6.04 Å². The van der Waals surface area contributed by atoms with E-state index in [1.54, 1.807) is 0 Å². The van der Waals surface area contributed by atoms with Gasteiger partial charge in [-0.2, -0.15) is 0 Å². The van der Waals surface area contributed by atoms with Gasteiger partial charge in [0.1, 0.15) is 0 Å². The zero-order chi connectivity index (χ0) is 13.2. The van der Waals surface area contributed by atoms with E-state index >= 15 is 0 Å². The molecule has 2 heterocycles. The van der Waals surface area contributed by atoms with Crippen molar-refractivity contribution in [2.45, 2.75) is 50.6 Å². The first-order valence-electron chi connectivity index (χ1n) is 7.50. The van der Waals surface area contributed by atoms with E-state index in [2.05, 4.69) is 32.3 Å². The minimum Gasteiger partial charge on any atom is -0.329 e. The maximum atomic E-state index is 6.13. The largest absolute Gasteiger partial charge is 0.329 e. The van der Waals surface area contributed by atoms with Crippen LogP contribution in [0.15, 0.2) is 15.9 Å². The smallest absolute Gasteiger partial charge is 0.0578 e. The highest BCUT2D eigenvalue weighted by Gasteiger charge is 2.37. The first-order chi connectivity index (χ1) is 9.31. The van der Waals surface area contributed by atoms with E-state index < -0.39 is 0 Å². The average Bonchev–Trinajstić information content (AvgIpc) is 2.86. The molecular formula is C15H23BrN2S. The zero-order valence-electron chi connectivity index (χ0n) is 11.4. The third-order valence-corrected chi connectivity index (χ3v) is 6.83. The van der Waals surface area contributed by atoms with Crippen LogP contribution < -0.4 is 5.73 Å². The molecule has 1 saturated heterocycles. The molecule has 4 heteroatoms. The highest BCUT2D eigenvalue weighted by molar-refractivity contribution is 9.10. The van der Waals surface area contributed by atoms with Crippen LogP contribution in [0.2, 0.25) is 0 Å². The molecule has 106 valence electrons. The summed E-state index contributed by atoms with van der Waals surface area (Å²) >= 11 is 5.54. The number of piperidine rings is 1. The molecule has 0 aromatic carbocycles. The maximum Gasteiger partial charge on any atom is 0.0578 e. The van der Waals surface area contributed by atoms with Gasteiger partial charge in [0.25, 0.3) is 0 Å². The number of hydrogen-bond donors (Lipinski definition) is 1. The summed E-state index contributed by atoms with van der Waals surface area (Å²) in [5.74, 6) is 0.926. The van der Waals surface area contributed by atoms with Crippen LogP contribution >= 0.6 is 27.3 Å². The third-order valence-electron chi connectivity index (χ3n) is 4.86. The first kappa shape index (κ1) is 14.1. The first-order valence-corrected chi connectivity index (χ1v) is 9.17. The number of hydrogen-bond acceptors (Lipinski definition) is 3. The second-order valence-electron chi connectivity index (χ2n) is 5.88. The molecule has 1 aliphatic carbocycles. The summed E-state index contributed by atoms with van der Waals surface area (Å²) in [6, 6.07) is 3.36. The van der Waals surface area contributed by atoms with Crippen molar-refractivity contribution in [1.82, 2.24) is 4.90 Å². The number of likely N-dealkylation sites (tertiary alicyclic amines) is 1. The van der Waals surface area contributed by atoms with Crippen LogP contribution in [-0.4, -0.2) is 24.0 Å². The van der Waals surface area contributed by atoms with Crippen LogP contribution in [0.25, 0.3) is 0 Å². The summed E-state index contributed by atoms with van der Waals surface area (Å²) in [4.78, 5) is 4.15. The quantitative estimate of drug-likeness (QED) is 0.893. The summed E-state index contributed by atoms with van der Waals surface area (Å²) in [6.07, 6.45) is 8.44. The Bertz CT molecular complexity index is 418. The topological polar surface area (TPSA) is 29.3 Å². The monoisotopic (exact) mass is 342 g/mol. The van der Waals surface area contributed by atoms with E-state index in [0.29, 0.717) is 6.04 Å². The number of nitrogens with zero attached hydrogens (tertiary/aromatic N) is 1. The lowest BCUT2D eigenvalue weighted by atomic mass is 9.77. The van der Waals surface area contributed by atoms with Gasteiger partial charge in [-0.15, -0.1) is 11.3 Å². The van der Waals surface area contributed by atoms with Crippen LogP contribution in [0.1, 0.15) is 49.4 Å². The Hall–Kier alpha value is 0.1000. The fourth-order valence-electron chi connectivity index (χ4n) is 3.99. The Morgan fingerprint density at radius 3 is 2.84 bits per heavy atom. The molecule has 3 rings (SSSR count). The van der Waals surface area contributed by atoms with E-state index in [-0.39, 0.29) is 0 Å². The second kappa shape index (κ2) is 6.25. The Kier molecular flexibility index (Phi) is 4.62. The Morgan fingerprint density at radius 1 is 1.32 bits per heavy atom. The maximum absolute atomic E-state index is 6.13. The summed E-state index contributed by atoms with van der Waals surface area (Å²) in [5.41, 5.74) is 6.13. The summed E-state index contributed by atoms with van der Waals surface area (Å²) in [6.45, 7) is 1.97. The van der Waals surface area contributed by atoms with Crippen molar-refractivity contribution in [2.24, 2.45) is 11.7 Å². The van der Waals surface area contributed by atoms with E-state index in [0.717, 1.165) is 18.5 Å². The number of thiophene rings is 1. The van der Waals surface area contributed by atoms with Gasteiger partial charge < -0.3 is 5.73 Å². The molecular weight excluding hydrogens is 320 g/mol. The SMILES string of the molecule is NCC(c1sccc1Br)N1CCCC2CCCCC21. The molecule has 3 atom stereocenters. The molecule has 0 radical (unpaired) electrons. The van der Waals surface area contributed by atoms with Crippen molar-refractivity contribution in [2.75, 3.05) is 13.1 Å². The fraction of sp³-hybridized carbons (Fsp3) is 0.733. The molecule has 2 nitrogen and oxygen atoms in total. The fourth-order valence-corrected chi connectivity index (χ4v) is 5.76. The summed E-state index contributed by atoms with van der Waals surface area (Å²) < 4.78 is 1.24. The Balaban J connectivity index is 1.83. The molecule has 2 fully saturated rings. The predicted octanol–water partition coefficient (Wildman–Crippen LogP) is 4.17. The molecule has 2 aliphatic rings. The van der Waals surface area contributed by atoms with Crippen molar-refractivity contribution < 1.29 is 0 Å².